The molecule has 2 aromatic carbocycles. The largest absolute Gasteiger partial charge is 0.378 e. The highest BCUT2D eigenvalue weighted by atomic mass is 19.1. The van der Waals surface area contributed by atoms with Crippen LogP contribution in [0.5, 0.6) is 0 Å². The van der Waals surface area contributed by atoms with Crippen LogP contribution in [-0.4, -0.2) is 20.6 Å². The molecule has 2 N–H and O–H groups in total. The second kappa shape index (κ2) is 6.53. The summed E-state index contributed by atoms with van der Waals surface area (Å²) in [5.41, 5.74) is 9.40. The normalized spacial score (nSPS) is 12.2. The third-order valence-electron chi connectivity index (χ3n) is 3.53. The van der Waals surface area contributed by atoms with Gasteiger partial charge in [0, 0.05) is 25.7 Å². The quantitative estimate of drug-likeness (QED) is 0.906. The Morgan fingerprint density at radius 1 is 1.10 bits per heavy atom. The van der Waals surface area contributed by atoms with Crippen molar-refractivity contribution in [2.45, 2.75) is 12.3 Å². The Hall–Kier alpha value is -1.87. The number of rotatable bonds is 5. The molecule has 2 aromatic rings. The van der Waals surface area contributed by atoms with E-state index in [4.69, 9.17) is 5.73 Å². The fourth-order valence-corrected chi connectivity index (χ4v) is 2.32. The van der Waals surface area contributed by atoms with Crippen molar-refractivity contribution in [1.82, 2.24) is 0 Å². The van der Waals surface area contributed by atoms with Crippen LogP contribution in [0.3, 0.4) is 0 Å². The van der Waals surface area contributed by atoms with Crippen LogP contribution in [0.25, 0.3) is 0 Å². The van der Waals surface area contributed by atoms with Crippen LogP contribution in [-0.2, 0) is 6.42 Å². The standard InChI is InChI=1S/C17H21FN2/c1-20(2)17-5-3-4-13(11-17)10-15(12-19)14-6-8-16(18)9-7-14/h3-9,11,15H,10,12,19H2,1-2H3. The highest BCUT2D eigenvalue weighted by molar-refractivity contribution is 5.47. The molecule has 0 saturated carbocycles. The summed E-state index contributed by atoms with van der Waals surface area (Å²) in [6.45, 7) is 0.553. The maximum atomic E-state index is 13.0. The molecule has 0 aliphatic heterocycles. The van der Waals surface area contributed by atoms with Gasteiger partial charge in [-0.25, -0.2) is 4.39 Å². The lowest BCUT2D eigenvalue weighted by Gasteiger charge is -2.18. The first-order valence-electron chi connectivity index (χ1n) is 6.82. The van der Waals surface area contributed by atoms with Crippen molar-refractivity contribution < 1.29 is 4.39 Å². The van der Waals surface area contributed by atoms with E-state index in [9.17, 15) is 4.39 Å². The van der Waals surface area contributed by atoms with Crippen LogP contribution < -0.4 is 10.6 Å². The Morgan fingerprint density at radius 3 is 2.40 bits per heavy atom. The predicted molar refractivity (Wildman–Crippen MR) is 82.7 cm³/mol. The van der Waals surface area contributed by atoms with Crippen LogP contribution in [0.2, 0.25) is 0 Å². The third kappa shape index (κ3) is 3.58. The summed E-state index contributed by atoms with van der Waals surface area (Å²) in [4.78, 5) is 2.08. The zero-order chi connectivity index (χ0) is 14.5. The molecule has 0 radical (unpaired) electrons. The molecule has 2 rings (SSSR count). The van der Waals surface area contributed by atoms with Gasteiger partial charge in [0.1, 0.15) is 5.82 Å². The van der Waals surface area contributed by atoms with Crippen LogP contribution in [0.4, 0.5) is 10.1 Å². The van der Waals surface area contributed by atoms with Crippen LogP contribution in [0, 0.1) is 5.82 Å². The summed E-state index contributed by atoms with van der Waals surface area (Å²) in [6.07, 6.45) is 0.865. The molecule has 2 nitrogen and oxygen atoms in total. The fraction of sp³-hybridized carbons (Fsp3) is 0.294. The van der Waals surface area contributed by atoms with Crippen molar-refractivity contribution in [1.29, 1.82) is 0 Å². The maximum absolute atomic E-state index is 13.0. The minimum atomic E-state index is -0.209. The number of anilines is 1. The molecule has 106 valence electrons. The smallest absolute Gasteiger partial charge is 0.123 e. The van der Waals surface area contributed by atoms with Crippen LogP contribution >= 0.6 is 0 Å². The Kier molecular flexibility index (Phi) is 4.74. The van der Waals surface area contributed by atoms with Gasteiger partial charge >= 0.3 is 0 Å². The van der Waals surface area contributed by atoms with Gasteiger partial charge in [-0.3, -0.25) is 0 Å². The van der Waals surface area contributed by atoms with Gasteiger partial charge in [-0.15, -0.1) is 0 Å². The van der Waals surface area contributed by atoms with Crippen molar-refractivity contribution in [2.24, 2.45) is 5.73 Å². The van der Waals surface area contributed by atoms with E-state index < -0.39 is 0 Å². The topological polar surface area (TPSA) is 29.3 Å². The first kappa shape index (κ1) is 14.5. The zero-order valence-electron chi connectivity index (χ0n) is 12.0. The van der Waals surface area contributed by atoms with Gasteiger partial charge < -0.3 is 10.6 Å². The number of hydrogen-bond acceptors (Lipinski definition) is 2. The van der Waals surface area contributed by atoms with Gasteiger partial charge in [0.25, 0.3) is 0 Å². The highest BCUT2D eigenvalue weighted by Crippen LogP contribution is 2.22. The first-order valence-corrected chi connectivity index (χ1v) is 6.82. The van der Waals surface area contributed by atoms with E-state index in [1.54, 1.807) is 0 Å². The molecule has 0 fully saturated rings. The lowest BCUT2D eigenvalue weighted by molar-refractivity contribution is 0.623. The molecular weight excluding hydrogens is 251 g/mol. The Balaban J connectivity index is 2.17. The summed E-state index contributed by atoms with van der Waals surface area (Å²) >= 11 is 0. The summed E-state index contributed by atoms with van der Waals surface area (Å²) in [5.74, 6) is 0.00661. The van der Waals surface area contributed by atoms with Gasteiger partial charge in [0.05, 0.1) is 0 Å². The average Bonchev–Trinajstić information content (AvgIpc) is 2.46. The van der Waals surface area contributed by atoms with Gasteiger partial charge in [0.2, 0.25) is 0 Å². The van der Waals surface area contributed by atoms with E-state index >= 15 is 0 Å². The molecule has 3 heteroatoms. The van der Waals surface area contributed by atoms with Gasteiger partial charge in [-0.2, -0.15) is 0 Å². The molecule has 0 saturated heterocycles. The summed E-state index contributed by atoms with van der Waals surface area (Å²) < 4.78 is 13.0. The molecule has 0 heterocycles. The van der Waals surface area contributed by atoms with Crippen molar-refractivity contribution in [3.8, 4) is 0 Å². The van der Waals surface area contributed by atoms with Crippen LogP contribution in [0.1, 0.15) is 17.0 Å². The van der Waals surface area contributed by atoms with Gasteiger partial charge in [0.15, 0.2) is 0 Å². The minimum absolute atomic E-state index is 0.209. The Labute approximate surface area is 120 Å². The number of halogens is 1. The molecule has 0 bridgehead atoms. The molecule has 20 heavy (non-hydrogen) atoms. The van der Waals surface area contributed by atoms with E-state index in [0.29, 0.717) is 6.54 Å². The number of hydrogen-bond donors (Lipinski definition) is 1. The summed E-state index contributed by atoms with van der Waals surface area (Å²) in [6, 6.07) is 15.1. The monoisotopic (exact) mass is 272 g/mol. The lowest BCUT2D eigenvalue weighted by atomic mass is 9.92. The van der Waals surface area contributed by atoms with Crippen LogP contribution in [0.15, 0.2) is 48.5 Å². The Bertz CT molecular complexity index is 549. The second-order valence-electron chi connectivity index (χ2n) is 5.25. The van der Waals surface area contributed by atoms with E-state index in [2.05, 4.69) is 29.2 Å². The van der Waals surface area contributed by atoms with E-state index in [1.165, 1.54) is 23.4 Å². The average molecular weight is 272 g/mol. The number of benzene rings is 2. The SMILES string of the molecule is CN(C)c1cccc(CC(CN)c2ccc(F)cc2)c1. The molecule has 1 unspecified atom stereocenters. The molecular formula is C17H21FN2. The van der Waals surface area contributed by atoms with E-state index in [0.717, 1.165) is 12.0 Å². The minimum Gasteiger partial charge on any atom is -0.378 e. The molecule has 0 spiro atoms. The second-order valence-corrected chi connectivity index (χ2v) is 5.25. The van der Waals surface area contributed by atoms with Crippen molar-refractivity contribution >= 4 is 5.69 Å². The lowest BCUT2D eigenvalue weighted by Crippen LogP contribution is -2.15. The molecule has 0 aromatic heterocycles. The molecule has 0 aliphatic carbocycles. The number of nitrogens with zero attached hydrogens (tertiary/aromatic N) is 1. The van der Waals surface area contributed by atoms with Gasteiger partial charge in [-0.1, -0.05) is 24.3 Å². The van der Waals surface area contributed by atoms with Crippen molar-refractivity contribution in [3.63, 3.8) is 0 Å². The number of nitrogens with two attached hydrogens (primary N) is 1. The summed E-state index contributed by atoms with van der Waals surface area (Å²) in [5, 5.41) is 0. The molecule has 0 aliphatic rings. The predicted octanol–water partition coefficient (Wildman–Crippen LogP) is 3.18. The molecule has 1 atom stereocenters. The highest BCUT2D eigenvalue weighted by Gasteiger charge is 2.11. The van der Waals surface area contributed by atoms with Crippen molar-refractivity contribution in [3.05, 3.63) is 65.5 Å². The van der Waals surface area contributed by atoms with Gasteiger partial charge in [-0.05, 0) is 48.4 Å². The van der Waals surface area contributed by atoms with E-state index in [-0.39, 0.29) is 11.7 Å². The maximum Gasteiger partial charge on any atom is 0.123 e. The van der Waals surface area contributed by atoms with E-state index in [1.807, 2.05) is 26.2 Å². The first-order chi connectivity index (χ1) is 9.60. The van der Waals surface area contributed by atoms with Crippen molar-refractivity contribution in [2.75, 3.05) is 25.5 Å². The fourth-order valence-electron chi connectivity index (χ4n) is 2.32. The molecule has 0 amide bonds. The third-order valence-corrected chi connectivity index (χ3v) is 3.53. The Morgan fingerprint density at radius 2 is 1.80 bits per heavy atom. The zero-order valence-corrected chi connectivity index (χ0v) is 12.0. The summed E-state index contributed by atoms with van der Waals surface area (Å²) in [7, 11) is 4.05.